The number of likely N-dealkylation sites (tertiary alicyclic amines) is 2. The third kappa shape index (κ3) is 6.88. The minimum Gasteiger partial charge on any atom is -0.351 e. The van der Waals surface area contributed by atoms with Gasteiger partial charge in [-0.15, -0.1) is 0 Å². The highest BCUT2D eigenvalue weighted by molar-refractivity contribution is 9.10. The molecule has 2 N–H and O–H groups in total. The molecule has 2 saturated heterocycles. The maximum Gasteiger partial charge on any atom is 0.314 e. The molecule has 2 fully saturated rings. The van der Waals surface area contributed by atoms with Crippen LogP contribution in [0.5, 0.6) is 0 Å². The number of halogens is 2. The first-order valence-corrected chi connectivity index (χ1v) is 13.5. The van der Waals surface area contributed by atoms with E-state index in [4.69, 9.17) is 17.3 Å². The normalized spacial score (nSPS) is 18.9. The van der Waals surface area contributed by atoms with Gasteiger partial charge in [0.05, 0.1) is 0 Å². The van der Waals surface area contributed by atoms with Crippen molar-refractivity contribution in [3.63, 3.8) is 0 Å². The van der Waals surface area contributed by atoms with Crippen molar-refractivity contribution in [1.29, 1.82) is 0 Å². The predicted molar refractivity (Wildman–Crippen MR) is 144 cm³/mol. The zero-order valence-electron chi connectivity index (χ0n) is 20.5. The van der Waals surface area contributed by atoms with Gasteiger partial charge in [0.1, 0.15) is 0 Å². The van der Waals surface area contributed by atoms with Crippen molar-refractivity contribution >= 4 is 45.5 Å². The predicted octanol–water partition coefficient (Wildman–Crippen LogP) is 6.60. The van der Waals surface area contributed by atoms with Crippen molar-refractivity contribution in [1.82, 2.24) is 9.80 Å². The Morgan fingerprint density at radius 3 is 2.29 bits per heavy atom. The van der Waals surface area contributed by atoms with E-state index in [2.05, 4.69) is 48.0 Å². The van der Waals surface area contributed by atoms with Crippen LogP contribution < -0.4 is 5.73 Å². The Labute approximate surface area is 217 Å². The van der Waals surface area contributed by atoms with Crippen LogP contribution in [0.15, 0.2) is 34.3 Å². The second-order valence-corrected chi connectivity index (χ2v) is 11.1. The third-order valence-corrected chi connectivity index (χ3v) is 7.98. The molecule has 0 bridgehead atoms. The summed E-state index contributed by atoms with van der Waals surface area (Å²) >= 11 is 10.1. The average Bonchev–Trinajstić information content (AvgIpc) is 2.78. The summed E-state index contributed by atoms with van der Waals surface area (Å²) in [6, 6.07) is 3.66. The number of allylic oxidation sites excluding steroid dienone is 3. The van der Waals surface area contributed by atoms with E-state index in [1.807, 2.05) is 24.0 Å². The molecule has 1 atom stereocenters. The molecule has 1 aromatic carbocycles. The first kappa shape index (κ1) is 26.8. The van der Waals surface area contributed by atoms with Gasteiger partial charge in [0.25, 0.3) is 0 Å². The van der Waals surface area contributed by atoms with E-state index >= 15 is 0 Å². The fourth-order valence-corrected chi connectivity index (χ4v) is 6.43. The molecule has 1 aromatic rings. The van der Waals surface area contributed by atoms with Crippen LogP contribution in [-0.4, -0.2) is 47.9 Å². The van der Waals surface area contributed by atoms with Crippen LogP contribution in [0, 0.1) is 11.8 Å². The molecule has 3 amide bonds. The van der Waals surface area contributed by atoms with Gasteiger partial charge in [-0.2, -0.15) is 0 Å². The van der Waals surface area contributed by atoms with E-state index in [-0.39, 0.29) is 17.9 Å². The first-order valence-electron chi connectivity index (χ1n) is 12.3. The SMILES string of the molecule is C/C=C\c1cc(Cl)cc(Br)c1C(C=C(C)C)C1CCN(C(=O)CC2CCN(C(N)=O)CC2)CC1. The van der Waals surface area contributed by atoms with E-state index in [0.29, 0.717) is 31.3 Å². The minimum absolute atomic E-state index is 0.247. The highest BCUT2D eigenvalue weighted by Gasteiger charge is 2.32. The molecule has 2 aliphatic rings. The number of benzene rings is 1. The van der Waals surface area contributed by atoms with Crippen molar-refractivity contribution in [3.05, 3.63) is 50.5 Å². The molecule has 0 aromatic heterocycles. The summed E-state index contributed by atoms with van der Waals surface area (Å²) in [5.41, 5.74) is 9.08. The number of hydrogen-bond donors (Lipinski definition) is 1. The Balaban J connectivity index is 1.67. The van der Waals surface area contributed by atoms with Crippen molar-refractivity contribution in [3.8, 4) is 0 Å². The summed E-state index contributed by atoms with van der Waals surface area (Å²) in [6.07, 6.45) is 10.8. The van der Waals surface area contributed by atoms with Gasteiger partial charge in [-0.3, -0.25) is 4.79 Å². The van der Waals surface area contributed by atoms with Gasteiger partial charge in [-0.25, -0.2) is 4.79 Å². The van der Waals surface area contributed by atoms with Crippen molar-refractivity contribution in [2.75, 3.05) is 26.2 Å². The van der Waals surface area contributed by atoms with Crippen LogP contribution in [0.1, 0.15) is 69.9 Å². The molecule has 0 radical (unpaired) electrons. The number of amides is 3. The molecule has 1 unspecified atom stereocenters. The third-order valence-electron chi connectivity index (χ3n) is 7.11. The van der Waals surface area contributed by atoms with Crippen LogP contribution in [0.4, 0.5) is 4.79 Å². The zero-order chi connectivity index (χ0) is 24.8. The summed E-state index contributed by atoms with van der Waals surface area (Å²) in [5.74, 6) is 1.31. The van der Waals surface area contributed by atoms with E-state index in [0.717, 1.165) is 53.8 Å². The van der Waals surface area contributed by atoms with Gasteiger partial charge in [0, 0.05) is 48.0 Å². The lowest BCUT2D eigenvalue weighted by Crippen LogP contribution is -2.44. The lowest BCUT2D eigenvalue weighted by molar-refractivity contribution is -0.134. The highest BCUT2D eigenvalue weighted by atomic mass is 79.9. The number of primary amides is 1. The molecular formula is C27H37BrClN3O2. The monoisotopic (exact) mass is 549 g/mol. The summed E-state index contributed by atoms with van der Waals surface area (Å²) in [6.45, 7) is 9.22. The van der Waals surface area contributed by atoms with Gasteiger partial charge in [-0.1, -0.05) is 51.3 Å². The smallest absolute Gasteiger partial charge is 0.314 e. The second-order valence-electron chi connectivity index (χ2n) is 9.85. The largest absolute Gasteiger partial charge is 0.351 e. The maximum absolute atomic E-state index is 13.0. The molecule has 3 rings (SSSR count). The molecule has 0 aliphatic carbocycles. The second kappa shape index (κ2) is 12.3. The standard InChI is InChI=1S/C27H37BrClN3O2/c1-4-5-21-16-22(29)17-24(28)26(21)23(14-18(2)3)20-8-12-31(13-9-20)25(33)15-19-6-10-32(11-7-19)27(30)34/h4-5,14,16-17,19-20,23H,6-13,15H2,1-3H3,(H2,30,34)/b5-4-. The van der Waals surface area contributed by atoms with Gasteiger partial charge in [-0.05, 0) is 81.5 Å². The van der Waals surface area contributed by atoms with Gasteiger partial charge in [0.15, 0.2) is 0 Å². The molecule has 2 heterocycles. The Hall–Kier alpha value is -1.79. The summed E-state index contributed by atoms with van der Waals surface area (Å²) < 4.78 is 1.04. The number of nitrogens with two attached hydrogens (primary N) is 1. The lowest BCUT2D eigenvalue weighted by Gasteiger charge is -2.37. The summed E-state index contributed by atoms with van der Waals surface area (Å²) in [4.78, 5) is 28.1. The topological polar surface area (TPSA) is 66.6 Å². The lowest BCUT2D eigenvalue weighted by atomic mass is 9.77. The molecule has 0 spiro atoms. The van der Waals surface area contributed by atoms with Crippen molar-refractivity contribution in [2.45, 2.75) is 58.8 Å². The number of urea groups is 1. The fraction of sp³-hybridized carbons (Fsp3) is 0.556. The van der Waals surface area contributed by atoms with Gasteiger partial charge < -0.3 is 15.5 Å². The Morgan fingerprint density at radius 1 is 1.12 bits per heavy atom. The van der Waals surface area contributed by atoms with Crippen LogP contribution in [-0.2, 0) is 4.79 Å². The highest BCUT2D eigenvalue weighted by Crippen LogP contribution is 2.41. The van der Waals surface area contributed by atoms with Gasteiger partial charge >= 0.3 is 6.03 Å². The quantitative estimate of drug-likeness (QED) is 0.405. The van der Waals surface area contributed by atoms with Crippen molar-refractivity contribution < 1.29 is 9.59 Å². The number of carbonyl (C=O) groups excluding carboxylic acids is 2. The molecule has 0 saturated carbocycles. The van der Waals surface area contributed by atoms with E-state index in [1.54, 1.807) is 4.90 Å². The minimum atomic E-state index is -0.359. The van der Waals surface area contributed by atoms with Crippen molar-refractivity contribution in [2.24, 2.45) is 17.6 Å². The number of rotatable bonds is 6. The van der Waals surface area contributed by atoms with E-state index < -0.39 is 0 Å². The average molecular weight is 551 g/mol. The Bertz CT molecular complexity index is 941. The number of piperidine rings is 2. The number of nitrogens with zero attached hydrogens (tertiary/aromatic N) is 2. The first-order chi connectivity index (χ1) is 16.2. The van der Waals surface area contributed by atoms with Crippen LogP contribution in [0.3, 0.4) is 0 Å². The molecule has 186 valence electrons. The Morgan fingerprint density at radius 2 is 1.74 bits per heavy atom. The fourth-order valence-electron chi connectivity index (χ4n) is 5.33. The summed E-state index contributed by atoms with van der Waals surface area (Å²) in [5, 5.41) is 0.724. The van der Waals surface area contributed by atoms with E-state index in [9.17, 15) is 9.59 Å². The van der Waals surface area contributed by atoms with Crippen LogP contribution in [0.25, 0.3) is 6.08 Å². The molecule has 7 heteroatoms. The van der Waals surface area contributed by atoms with E-state index in [1.165, 1.54) is 11.1 Å². The number of hydrogen-bond acceptors (Lipinski definition) is 2. The van der Waals surface area contributed by atoms with Crippen LogP contribution >= 0.6 is 27.5 Å². The summed E-state index contributed by atoms with van der Waals surface area (Å²) in [7, 11) is 0. The number of carbonyl (C=O) groups is 2. The molecule has 2 aliphatic heterocycles. The van der Waals surface area contributed by atoms with Gasteiger partial charge in [0.2, 0.25) is 5.91 Å². The molecular weight excluding hydrogens is 514 g/mol. The Kier molecular flexibility index (Phi) is 9.66. The van der Waals surface area contributed by atoms with Crippen LogP contribution in [0.2, 0.25) is 5.02 Å². The maximum atomic E-state index is 13.0. The molecule has 34 heavy (non-hydrogen) atoms. The zero-order valence-corrected chi connectivity index (χ0v) is 22.9. The molecule has 5 nitrogen and oxygen atoms in total.